The molecule has 0 fully saturated rings. The number of carbonyl (C=O) groups excluding carboxylic acids is 2. The average Bonchev–Trinajstić information content (AvgIpc) is 2.88. The summed E-state index contributed by atoms with van der Waals surface area (Å²) in [5.41, 5.74) is 7.77. The second-order valence-corrected chi connectivity index (χ2v) is 5.21. The van der Waals surface area contributed by atoms with Crippen molar-refractivity contribution < 1.29 is 9.59 Å². The third kappa shape index (κ3) is 2.99. The molecule has 6 nitrogen and oxygen atoms in total. The lowest BCUT2D eigenvalue weighted by molar-refractivity contribution is -0.124. The lowest BCUT2D eigenvalue weighted by Crippen LogP contribution is -2.37. The van der Waals surface area contributed by atoms with Gasteiger partial charge in [0.05, 0.1) is 11.5 Å². The van der Waals surface area contributed by atoms with Crippen molar-refractivity contribution in [1.82, 2.24) is 15.2 Å². The van der Waals surface area contributed by atoms with Crippen LogP contribution in [0.15, 0.2) is 24.4 Å². The number of nitrogens with zero attached hydrogens (tertiary/aromatic N) is 1. The van der Waals surface area contributed by atoms with E-state index in [1.807, 2.05) is 6.07 Å². The maximum absolute atomic E-state index is 12.5. The molecule has 112 valence electrons. The number of hydrogen-bond acceptors (Lipinski definition) is 3. The van der Waals surface area contributed by atoms with E-state index >= 15 is 0 Å². The van der Waals surface area contributed by atoms with Gasteiger partial charge in [-0.25, -0.2) is 0 Å². The maximum Gasteiger partial charge on any atom is 0.255 e. The van der Waals surface area contributed by atoms with Gasteiger partial charge in [-0.05, 0) is 18.2 Å². The number of aromatic nitrogens is 1. The van der Waals surface area contributed by atoms with Crippen LogP contribution in [0.25, 0.3) is 10.9 Å². The number of anilines is 1. The molecule has 21 heavy (non-hydrogen) atoms. The van der Waals surface area contributed by atoms with E-state index in [2.05, 4.69) is 10.3 Å². The fraction of sp³-hybridized carbons (Fsp3) is 0.333. The van der Waals surface area contributed by atoms with Crippen LogP contribution in [-0.4, -0.2) is 42.3 Å². The van der Waals surface area contributed by atoms with E-state index in [-0.39, 0.29) is 17.7 Å². The Balaban J connectivity index is 2.20. The first-order valence-corrected chi connectivity index (χ1v) is 6.77. The van der Waals surface area contributed by atoms with Gasteiger partial charge in [-0.3, -0.25) is 9.59 Å². The molecular weight excluding hydrogens is 268 g/mol. The smallest absolute Gasteiger partial charge is 0.255 e. The number of rotatable bonds is 4. The summed E-state index contributed by atoms with van der Waals surface area (Å²) >= 11 is 0. The van der Waals surface area contributed by atoms with Crippen LogP contribution < -0.4 is 11.1 Å². The summed E-state index contributed by atoms with van der Waals surface area (Å²) in [6.07, 6.45) is 1.67. The summed E-state index contributed by atoms with van der Waals surface area (Å²) in [6, 6.07) is 5.38. The van der Waals surface area contributed by atoms with Gasteiger partial charge in [0.15, 0.2) is 0 Å². The van der Waals surface area contributed by atoms with Crippen molar-refractivity contribution in [3.8, 4) is 0 Å². The Hall–Kier alpha value is -2.50. The van der Waals surface area contributed by atoms with Gasteiger partial charge in [-0.1, -0.05) is 6.92 Å². The Labute approximate surface area is 123 Å². The van der Waals surface area contributed by atoms with Gasteiger partial charge in [0.1, 0.15) is 0 Å². The Kier molecular flexibility index (Phi) is 4.16. The molecule has 0 bridgehead atoms. The molecule has 0 saturated heterocycles. The highest BCUT2D eigenvalue weighted by Gasteiger charge is 2.20. The number of hydrogen-bond donors (Lipinski definition) is 3. The van der Waals surface area contributed by atoms with Crippen molar-refractivity contribution in [1.29, 1.82) is 0 Å². The summed E-state index contributed by atoms with van der Waals surface area (Å²) in [5.74, 6) is -0.465. The van der Waals surface area contributed by atoms with E-state index in [0.717, 1.165) is 10.9 Å². The van der Waals surface area contributed by atoms with Gasteiger partial charge in [-0.15, -0.1) is 0 Å². The zero-order valence-electron chi connectivity index (χ0n) is 12.4. The van der Waals surface area contributed by atoms with Crippen LogP contribution in [0.2, 0.25) is 0 Å². The van der Waals surface area contributed by atoms with E-state index in [1.165, 1.54) is 0 Å². The number of H-pyrrole nitrogens is 1. The average molecular weight is 288 g/mol. The standard InChI is InChI=1S/C15H20N4O2/c1-9(14(20)17-2)8-19(3)15(21)12-7-18-13-6-10(16)4-5-11(12)13/h4-7,9,18H,8,16H2,1-3H3,(H,17,20). The quantitative estimate of drug-likeness (QED) is 0.738. The number of fused-ring (bicyclic) bond motifs is 1. The lowest BCUT2D eigenvalue weighted by Gasteiger charge is -2.20. The molecule has 0 radical (unpaired) electrons. The van der Waals surface area contributed by atoms with Crippen molar-refractivity contribution in [2.75, 3.05) is 26.4 Å². The number of amides is 2. The summed E-state index contributed by atoms with van der Waals surface area (Å²) in [4.78, 5) is 28.6. The zero-order chi connectivity index (χ0) is 15.6. The highest BCUT2D eigenvalue weighted by molar-refractivity contribution is 6.07. The summed E-state index contributed by atoms with van der Waals surface area (Å²) in [5, 5.41) is 3.41. The number of nitrogen functional groups attached to an aromatic ring is 1. The first-order chi connectivity index (χ1) is 9.93. The molecular formula is C15H20N4O2. The third-order valence-electron chi connectivity index (χ3n) is 3.52. The van der Waals surface area contributed by atoms with Crippen molar-refractivity contribution in [3.05, 3.63) is 30.0 Å². The molecule has 1 aromatic carbocycles. The SMILES string of the molecule is CNC(=O)C(C)CN(C)C(=O)c1c[nH]c2cc(N)ccc12. The highest BCUT2D eigenvalue weighted by atomic mass is 16.2. The Morgan fingerprint density at radius 2 is 2.14 bits per heavy atom. The minimum atomic E-state index is -0.259. The predicted molar refractivity (Wildman–Crippen MR) is 82.9 cm³/mol. The molecule has 6 heteroatoms. The number of aromatic amines is 1. The van der Waals surface area contributed by atoms with E-state index in [0.29, 0.717) is 17.8 Å². The van der Waals surface area contributed by atoms with Crippen LogP contribution in [0.5, 0.6) is 0 Å². The van der Waals surface area contributed by atoms with Crippen molar-refractivity contribution >= 4 is 28.4 Å². The molecule has 0 spiro atoms. The Morgan fingerprint density at radius 3 is 2.81 bits per heavy atom. The number of nitrogens with two attached hydrogens (primary N) is 1. The molecule has 1 unspecified atom stereocenters. The minimum Gasteiger partial charge on any atom is -0.399 e. The van der Waals surface area contributed by atoms with Crippen LogP contribution in [0, 0.1) is 5.92 Å². The van der Waals surface area contributed by atoms with Crippen LogP contribution >= 0.6 is 0 Å². The molecule has 2 rings (SSSR count). The molecule has 0 saturated carbocycles. The van der Waals surface area contributed by atoms with E-state index in [1.54, 1.807) is 44.2 Å². The fourth-order valence-corrected chi connectivity index (χ4v) is 2.35. The van der Waals surface area contributed by atoms with Gasteiger partial charge in [0, 0.05) is 43.4 Å². The largest absolute Gasteiger partial charge is 0.399 e. The minimum absolute atomic E-state index is 0.0821. The second-order valence-electron chi connectivity index (χ2n) is 5.21. The van der Waals surface area contributed by atoms with Gasteiger partial charge >= 0.3 is 0 Å². The summed E-state index contributed by atoms with van der Waals surface area (Å²) in [7, 11) is 3.28. The molecule has 1 heterocycles. The van der Waals surface area contributed by atoms with Crippen molar-refractivity contribution in [3.63, 3.8) is 0 Å². The topological polar surface area (TPSA) is 91.2 Å². The predicted octanol–water partition coefficient (Wildman–Crippen LogP) is 1.20. The molecule has 0 aliphatic heterocycles. The van der Waals surface area contributed by atoms with E-state index in [4.69, 9.17) is 5.73 Å². The van der Waals surface area contributed by atoms with Crippen LogP contribution in [0.3, 0.4) is 0 Å². The number of nitrogens with one attached hydrogen (secondary N) is 2. The monoisotopic (exact) mass is 288 g/mol. The fourth-order valence-electron chi connectivity index (χ4n) is 2.35. The lowest BCUT2D eigenvalue weighted by atomic mass is 10.1. The summed E-state index contributed by atoms with van der Waals surface area (Å²) in [6.45, 7) is 2.15. The second kappa shape index (κ2) is 5.87. The zero-order valence-corrected chi connectivity index (χ0v) is 12.4. The molecule has 1 atom stereocenters. The first-order valence-electron chi connectivity index (χ1n) is 6.77. The van der Waals surface area contributed by atoms with Gasteiger partial charge in [-0.2, -0.15) is 0 Å². The normalized spacial score (nSPS) is 12.1. The molecule has 2 aromatic rings. The van der Waals surface area contributed by atoms with Gasteiger partial charge in [0.2, 0.25) is 5.91 Å². The number of carbonyl (C=O) groups is 2. The van der Waals surface area contributed by atoms with Crippen LogP contribution in [0.4, 0.5) is 5.69 Å². The van der Waals surface area contributed by atoms with E-state index < -0.39 is 0 Å². The molecule has 1 aromatic heterocycles. The third-order valence-corrected chi connectivity index (χ3v) is 3.52. The molecule has 0 aliphatic carbocycles. The van der Waals surface area contributed by atoms with Gasteiger partial charge < -0.3 is 20.9 Å². The Bertz CT molecular complexity index is 677. The first kappa shape index (κ1) is 14.9. The van der Waals surface area contributed by atoms with Gasteiger partial charge in [0.25, 0.3) is 5.91 Å². The maximum atomic E-state index is 12.5. The molecule has 4 N–H and O–H groups in total. The van der Waals surface area contributed by atoms with Crippen LogP contribution in [0.1, 0.15) is 17.3 Å². The highest BCUT2D eigenvalue weighted by Crippen LogP contribution is 2.22. The number of benzene rings is 1. The molecule has 0 aliphatic rings. The van der Waals surface area contributed by atoms with Crippen LogP contribution in [-0.2, 0) is 4.79 Å². The summed E-state index contributed by atoms with van der Waals surface area (Å²) < 4.78 is 0. The molecule has 2 amide bonds. The Morgan fingerprint density at radius 1 is 1.43 bits per heavy atom. The van der Waals surface area contributed by atoms with Crippen molar-refractivity contribution in [2.24, 2.45) is 5.92 Å². The van der Waals surface area contributed by atoms with E-state index in [9.17, 15) is 9.59 Å². The van der Waals surface area contributed by atoms with Crippen molar-refractivity contribution in [2.45, 2.75) is 6.92 Å².